The molecule has 1 nitrogen and oxygen atoms in total. The molecule has 0 aromatic heterocycles. The zero-order chi connectivity index (χ0) is 10.9. The molecular formula is C14H24O. The number of rotatable bonds is 5. The lowest BCUT2D eigenvalue weighted by molar-refractivity contribution is 0.317. The van der Waals surface area contributed by atoms with Gasteiger partial charge >= 0.3 is 0 Å². The molecule has 0 atom stereocenters. The predicted octanol–water partition coefficient (Wildman–Crippen LogP) is 4.31. The first-order chi connectivity index (χ1) is 7.36. The lowest BCUT2D eigenvalue weighted by Gasteiger charge is -2.24. The molecule has 1 rings (SSSR count). The highest BCUT2D eigenvalue weighted by molar-refractivity contribution is 4.94. The van der Waals surface area contributed by atoms with Gasteiger partial charge in [0.05, 0.1) is 13.4 Å². The van der Waals surface area contributed by atoms with Crippen molar-refractivity contribution in [2.75, 3.05) is 7.11 Å². The number of methoxy groups -OCH3 is 1. The maximum Gasteiger partial charge on any atom is 0.0787 e. The van der Waals surface area contributed by atoms with E-state index < -0.39 is 0 Å². The molecule has 0 aliphatic heterocycles. The fourth-order valence-electron chi connectivity index (χ4n) is 2.17. The Hall–Kier alpha value is -0.720. The zero-order valence-electron chi connectivity index (χ0n) is 10.1. The Morgan fingerprint density at radius 2 is 1.67 bits per heavy atom. The normalized spacial score (nSPS) is 27.6. The van der Waals surface area contributed by atoms with Crippen LogP contribution in [0.3, 0.4) is 0 Å². The van der Waals surface area contributed by atoms with Crippen LogP contribution in [0.25, 0.3) is 0 Å². The molecule has 0 N–H and O–H groups in total. The third-order valence-electron chi connectivity index (χ3n) is 3.17. The zero-order valence-corrected chi connectivity index (χ0v) is 10.1. The number of allylic oxidation sites excluding steroid dienone is 3. The van der Waals surface area contributed by atoms with Gasteiger partial charge in [0.25, 0.3) is 0 Å². The summed E-state index contributed by atoms with van der Waals surface area (Å²) in [6.45, 7) is 2.23. The van der Waals surface area contributed by atoms with Crippen LogP contribution in [0.15, 0.2) is 24.5 Å². The lowest BCUT2D eigenvalue weighted by Crippen LogP contribution is -2.11. The molecule has 0 heterocycles. The Morgan fingerprint density at radius 1 is 1.07 bits per heavy atom. The molecule has 0 aromatic rings. The van der Waals surface area contributed by atoms with Crippen molar-refractivity contribution in [1.82, 2.24) is 0 Å². The monoisotopic (exact) mass is 208 g/mol. The highest BCUT2D eigenvalue weighted by atomic mass is 16.5. The molecule has 0 unspecified atom stereocenters. The second kappa shape index (κ2) is 7.56. The first-order valence-electron chi connectivity index (χ1n) is 6.23. The van der Waals surface area contributed by atoms with Crippen molar-refractivity contribution < 1.29 is 4.74 Å². The average molecular weight is 208 g/mol. The number of unbranched alkanes of at least 4 members (excludes halogenated alkanes) is 1. The highest BCUT2D eigenvalue weighted by Gasteiger charge is 2.17. The molecule has 1 aliphatic rings. The first-order valence-corrected chi connectivity index (χ1v) is 6.23. The SMILES string of the molecule is CCC/C=C/C1CCC(C=COC)CC1. The van der Waals surface area contributed by atoms with Gasteiger partial charge in [0.2, 0.25) is 0 Å². The molecule has 0 amide bonds. The average Bonchev–Trinajstić information content (AvgIpc) is 2.28. The van der Waals surface area contributed by atoms with Gasteiger partial charge in [-0.15, -0.1) is 0 Å². The fraction of sp³-hybridized carbons (Fsp3) is 0.714. The van der Waals surface area contributed by atoms with E-state index in [0.29, 0.717) is 0 Å². The van der Waals surface area contributed by atoms with E-state index in [9.17, 15) is 0 Å². The van der Waals surface area contributed by atoms with Crippen LogP contribution in [0, 0.1) is 11.8 Å². The molecule has 0 bridgehead atoms. The van der Waals surface area contributed by atoms with Crippen LogP contribution in [0.1, 0.15) is 45.4 Å². The lowest BCUT2D eigenvalue weighted by atomic mass is 9.82. The van der Waals surface area contributed by atoms with Crippen molar-refractivity contribution >= 4 is 0 Å². The van der Waals surface area contributed by atoms with E-state index in [2.05, 4.69) is 25.2 Å². The second-order valence-corrected chi connectivity index (χ2v) is 4.46. The maximum absolute atomic E-state index is 4.96. The molecular weight excluding hydrogens is 184 g/mol. The van der Waals surface area contributed by atoms with Crippen molar-refractivity contribution in [3.05, 3.63) is 24.5 Å². The summed E-state index contributed by atoms with van der Waals surface area (Å²) in [5.41, 5.74) is 0. The van der Waals surface area contributed by atoms with Crippen LogP contribution in [0.5, 0.6) is 0 Å². The van der Waals surface area contributed by atoms with E-state index >= 15 is 0 Å². The predicted molar refractivity (Wildman–Crippen MR) is 65.6 cm³/mol. The minimum Gasteiger partial charge on any atom is -0.505 e. The molecule has 0 spiro atoms. The van der Waals surface area contributed by atoms with E-state index in [1.54, 1.807) is 7.11 Å². The fourth-order valence-corrected chi connectivity index (χ4v) is 2.17. The van der Waals surface area contributed by atoms with Crippen molar-refractivity contribution in [2.45, 2.75) is 45.4 Å². The Labute approximate surface area is 94.2 Å². The minimum absolute atomic E-state index is 0.751. The van der Waals surface area contributed by atoms with Gasteiger partial charge in [-0.05, 0) is 50.0 Å². The van der Waals surface area contributed by atoms with Gasteiger partial charge in [-0.2, -0.15) is 0 Å². The standard InChI is InChI=1S/C14H24O/c1-3-4-5-6-13-7-9-14(10-8-13)11-12-15-2/h5-6,11-14H,3-4,7-10H2,1-2H3/b6-5+,12-11?. The molecule has 1 heteroatoms. The summed E-state index contributed by atoms with van der Waals surface area (Å²) in [6.07, 6.45) is 16.7. The second-order valence-electron chi connectivity index (χ2n) is 4.46. The van der Waals surface area contributed by atoms with Crippen LogP contribution in [0.2, 0.25) is 0 Å². The van der Waals surface area contributed by atoms with Gasteiger partial charge in [-0.1, -0.05) is 25.5 Å². The Balaban J connectivity index is 2.20. The Bertz CT molecular complexity index is 197. The molecule has 1 fully saturated rings. The first kappa shape index (κ1) is 12.4. The molecule has 0 saturated heterocycles. The van der Waals surface area contributed by atoms with Gasteiger partial charge in [0.1, 0.15) is 0 Å². The van der Waals surface area contributed by atoms with Crippen LogP contribution in [-0.4, -0.2) is 7.11 Å². The Morgan fingerprint density at radius 3 is 2.20 bits per heavy atom. The number of ether oxygens (including phenoxy) is 1. The minimum atomic E-state index is 0.751. The van der Waals surface area contributed by atoms with E-state index in [1.807, 2.05) is 6.26 Å². The summed E-state index contributed by atoms with van der Waals surface area (Å²) in [5.74, 6) is 1.59. The van der Waals surface area contributed by atoms with Crippen LogP contribution >= 0.6 is 0 Å². The molecule has 1 saturated carbocycles. The van der Waals surface area contributed by atoms with Crippen molar-refractivity contribution in [2.24, 2.45) is 11.8 Å². The summed E-state index contributed by atoms with van der Waals surface area (Å²) >= 11 is 0. The summed E-state index contributed by atoms with van der Waals surface area (Å²) < 4.78 is 4.96. The number of hydrogen-bond acceptors (Lipinski definition) is 1. The van der Waals surface area contributed by atoms with Gasteiger partial charge in [-0.3, -0.25) is 0 Å². The quantitative estimate of drug-likeness (QED) is 0.483. The molecule has 15 heavy (non-hydrogen) atoms. The largest absolute Gasteiger partial charge is 0.505 e. The van der Waals surface area contributed by atoms with Crippen LogP contribution in [0.4, 0.5) is 0 Å². The van der Waals surface area contributed by atoms with E-state index in [-0.39, 0.29) is 0 Å². The van der Waals surface area contributed by atoms with Crippen molar-refractivity contribution in [3.63, 3.8) is 0 Å². The van der Waals surface area contributed by atoms with E-state index in [0.717, 1.165) is 11.8 Å². The van der Waals surface area contributed by atoms with Gasteiger partial charge in [-0.25, -0.2) is 0 Å². The van der Waals surface area contributed by atoms with Crippen LogP contribution in [-0.2, 0) is 4.74 Å². The highest BCUT2D eigenvalue weighted by Crippen LogP contribution is 2.30. The maximum atomic E-state index is 4.96. The van der Waals surface area contributed by atoms with Crippen molar-refractivity contribution in [3.8, 4) is 0 Å². The summed E-state index contributed by atoms with van der Waals surface area (Å²) in [7, 11) is 1.72. The van der Waals surface area contributed by atoms with Crippen molar-refractivity contribution in [1.29, 1.82) is 0 Å². The molecule has 1 aliphatic carbocycles. The molecule has 86 valence electrons. The molecule has 0 radical (unpaired) electrons. The van der Waals surface area contributed by atoms with E-state index in [4.69, 9.17) is 4.74 Å². The third kappa shape index (κ3) is 5.06. The van der Waals surface area contributed by atoms with Gasteiger partial charge in [0.15, 0.2) is 0 Å². The number of hydrogen-bond donors (Lipinski definition) is 0. The summed E-state index contributed by atoms with van der Waals surface area (Å²) in [5, 5.41) is 0. The summed E-state index contributed by atoms with van der Waals surface area (Å²) in [6, 6.07) is 0. The van der Waals surface area contributed by atoms with Gasteiger partial charge in [0, 0.05) is 0 Å². The van der Waals surface area contributed by atoms with Crippen LogP contribution < -0.4 is 0 Å². The van der Waals surface area contributed by atoms with E-state index in [1.165, 1.54) is 38.5 Å². The molecule has 0 aromatic carbocycles. The third-order valence-corrected chi connectivity index (χ3v) is 3.17. The van der Waals surface area contributed by atoms with Gasteiger partial charge < -0.3 is 4.74 Å². The summed E-state index contributed by atoms with van der Waals surface area (Å²) in [4.78, 5) is 0. The topological polar surface area (TPSA) is 9.23 Å². The smallest absolute Gasteiger partial charge is 0.0787 e. The Kier molecular flexibility index (Phi) is 6.22.